The molecule has 0 saturated carbocycles. The summed E-state index contributed by atoms with van der Waals surface area (Å²) in [4.78, 5) is 36.5. The lowest BCUT2D eigenvalue weighted by Gasteiger charge is -2.36. The molecule has 1 amide bonds. The molecule has 1 saturated heterocycles. The van der Waals surface area contributed by atoms with Crippen LogP contribution in [-0.2, 0) is 29.1 Å². The third-order valence-corrected chi connectivity index (χ3v) is 6.64. The van der Waals surface area contributed by atoms with Crippen LogP contribution < -0.4 is 4.72 Å². The number of rotatable bonds is 8. The van der Waals surface area contributed by atoms with Gasteiger partial charge in [0.1, 0.15) is 6.54 Å². The van der Waals surface area contributed by atoms with Crippen LogP contribution in [0.1, 0.15) is 20.8 Å². The highest BCUT2D eigenvalue weighted by Gasteiger charge is 2.30. The smallest absolute Gasteiger partial charge is 0.321 e. The second kappa shape index (κ2) is 10.4. The topological polar surface area (TPSA) is 145 Å². The molecule has 1 aliphatic heterocycles. The van der Waals surface area contributed by atoms with Gasteiger partial charge in [0.2, 0.25) is 10.0 Å². The van der Waals surface area contributed by atoms with E-state index in [0.717, 1.165) is 17.8 Å². The Balaban J connectivity index is 1.97. The Morgan fingerprint density at radius 1 is 1.35 bits per heavy atom. The van der Waals surface area contributed by atoms with Crippen LogP contribution in [-0.4, -0.2) is 74.3 Å². The van der Waals surface area contributed by atoms with E-state index in [1.807, 2.05) is 18.6 Å². The summed E-state index contributed by atoms with van der Waals surface area (Å²) in [5.74, 6) is -1.35. The number of nitrogens with one attached hydrogen (secondary N) is 1. The summed E-state index contributed by atoms with van der Waals surface area (Å²) in [6, 6.07) is 3.45. The van der Waals surface area contributed by atoms with E-state index >= 15 is 0 Å². The number of thioether (sulfide) groups is 1. The second-order valence-corrected chi connectivity index (χ2v) is 9.66. The summed E-state index contributed by atoms with van der Waals surface area (Å²) in [5.41, 5.74) is -0.355. The minimum Gasteiger partial charge on any atom is -0.452 e. The number of morpholine rings is 1. The van der Waals surface area contributed by atoms with Crippen LogP contribution in [0.25, 0.3) is 0 Å². The highest BCUT2D eigenvalue weighted by molar-refractivity contribution is 7.98. The van der Waals surface area contributed by atoms with Crippen molar-refractivity contribution in [2.24, 2.45) is 0 Å². The SMILES string of the molecule is CSc1ccc(S(=O)(=O)NCC(=O)OC(C)C(=O)N2CC(C)OC(C)C2)cc1[N+](=O)[O-]. The van der Waals surface area contributed by atoms with E-state index in [2.05, 4.69) is 0 Å². The summed E-state index contributed by atoms with van der Waals surface area (Å²) < 4.78 is 37.5. The lowest BCUT2D eigenvalue weighted by molar-refractivity contribution is -0.388. The van der Waals surface area contributed by atoms with Gasteiger partial charge < -0.3 is 14.4 Å². The van der Waals surface area contributed by atoms with E-state index in [0.29, 0.717) is 18.0 Å². The van der Waals surface area contributed by atoms with Gasteiger partial charge in [0.25, 0.3) is 11.6 Å². The van der Waals surface area contributed by atoms with Crippen molar-refractivity contribution in [3.63, 3.8) is 0 Å². The molecule has 13 heteroatoms. The minimum absolute atomic E-state index is 0.149. The van der Waals surface area contributed by atoms with E-state index in [1.54, 1.807) is 6.26 Å². The van der Waals surface area contributed by atoms with Gasteiger partial charge in [-0.2, -0.15) is 4.72 Å². The van der Waals surface area contributed by atoms with Crippen molar-refractivity contribution in [1.29, 1.82) is 0 Å². The summed E-state index contributed by atoms with van der Waals surface area (Å²) in [6.07, 6.45) is 0.232. The zero-order valence-corrected chi connectivity index (χ0v) is 19.2. The van der Waals surface area contributed by atoms with Gasteiger partial charge >= 0.3 is 5.97 Å². The Morgan fingerprint density at radius 3 is 2.52 bits per heavy atom. The predicted octanol–water partition coefficient (Wildman–Crippen LogP) is 1.16. The molecule has 3 unspecified atom stereocenters. The molecule has 11 nitrogen and oxygen atoms in total. The molecule has 0 radical (unpaired) electrons. The first kappa shape index (κ1) is 25.0. The number of carbonyl (C=O) groups is 2. The number of carbonyl (C=O) groups excluding carboxylic acids is 2. The number of hydrogen-bond donors (Lipinski definition) is 1. The molecule has 0 spiro atoms. The maximum atomic E-state index is 12.5. The fourth-order valence-corrected chi connectivity index (χ4v) is 4.66. The molecule has 1 heterocycles. The molecule has 1 aromatic rings. The van der Waals surface area contributed by atoms with Crippen LogP contribution in [0.2, 0.25) is 0 Å². The van der Waals surface area contributed by atoms with Gasteiger partial charge in [-0.3, -0.25) is 19.7 Å². The number of esters is 1. The molecule has 0 aromatic heterocycles. The molecule has 0 bridgehead atoms. The van der Waals surface area contributed by atoms with Crippen molar-refractivity contribution in [2.45, 2.75) is 48.9 Å². The van der Waals surface area contributed by atoms with E-state index in [1.165, 1.54) is 24.0 Å². The van der Waals surface area contributed by atoms with Gasteiger partial charge in [0.15, 0.2) is 6.10 Å². The maximum absolute atomic E-state index is 12.5. The third-order valence-electron chi connectivity index (χ3n) is 4.45. The Bertz CT molecular complexity index is 943. The number of nitrogens with zero attached hydrogens (tertiary/aromatic N) is 2. The Labute approximate surface area is 184 Å². The average Bonchev–Trinajstić information content (AvgIpc) is 2.70. The van der Waals surface area contributed by atoms with Gasteiger partial charge in [0, 0.05) is 19.2 Å². The zero-order chi connectivity index (χ0) is 23.3. The van der Waals surface area contributed by atoms with Crippen molar-refractivity contribution in [3.05, 3.63) is 28.3 Å². The molecule has 2 rings (SSSR count). The van der Waals surface area contributed by atoms with Crippen molar-refractivity contribution >= 4 is 39.3 Å². The molecular weight excluding hydrogens is 450 g/mol. The average molecular weight is 476 g/mol. The quantitative estimate of drug-likeness (QED) is 0.253. The molecular formula is C18H25N3O8S2. The fourth-order valence-electron chi connectivity index (χ4n) is 3.12. The van der Waals surface area contributed by atoms with Crippen molar-refractivity contribution in [2.75, 3.05) is 25.9 Å². The summed E-state index contributed by atoms with van der Waals surface area (Å²) in [5, 5.41) is 11.1. The first-order chi connectivity index (χ1) is 14.4. The molecule has 1 N–H and O–H groups in total. The van der Waals surface area contributed by atoms with E-state index < -0.39 is 39.5 Å². The number of amides is 1. The minimum atomic E-state index is -4.20. The standard InChI is InChI=1S/C18H25N3O8S2/c1-11-9-20(10-12(2)28-11)18(23)13(3)29-17(22)8-19-31(26,27)14-5-6-16(30-4)15(7-14)21(24)25/h5-7,11-13,19H,8-10H2,1-4H3. The summed E-state index contributed by atoms with van der Waals surface area (Å²) in [7, 11) is -4.20. The molecule has 31 heavy (non-hydrogen) atoms. The zero-order valence-electron chi connectivity index (χ0n) is 17.6. The van der Waals surface area contributed by atoms with Crippen LogP contribution in [0.3, 0.4) is 0 Å². The Kier molecular flexibility index (Phi) is 8.40. The molecule has 1 aromatic carbocycles. The van der Waals surface area contributed by atoms with Crippen LogP contribution in [0.5, 0.6) is 0 Å². The number of hydrogen-bond acceptors (Lipinski definition) is 9. The third kappa shape index (κ3) is 6.63. The number of nitro groups is 1. The number of ether oxygens (including phenoxy) is 2. The first-order valence-electron chi connectivity index (χ1n) is 9.40. The summed E-state index contributed by atoms with van der Waals surface area (Å²) in [6.45, 7) is 5.07. The monoisotopic (exact) mass is 475 g/mol. The Hall–Kier alpha value is -2.22. The molecule has 1 aliphatic rings. The van der Waals surface area contributed by atoms with E-state index in [4.69, 9.17) is 9.47 Å². The van der Waals surface area contributed by atoms with Gasteiger partial charge in [-0.15, -0.1) is 11.8 Å². The predicted molar refractivity (Wildman–Crippen MR) is 112 cm³/mol. The number of benzene rings is 1. The highest BCUT2D eigenvalue weighted by Crippen LogP contribution is 2.29. The van der Waals surface area contributed by atoms with Crippen molar-refractivity contribution in [3.8, 4) is 0 Å². The largest absolute Gasteiger partial charge is 0.452 e. The highest BCUT2D eigenvalue weighted by atomic mass is 32.2. The van der Waals surface area contributed by atoms with Crippen LogP contribution >= 0.6 is 11.8 Å². The number of sulfonamides is 1. The van der Waals surface area contributed by atoms with Gasteiger partial charge in [0.05, 0.1) is 26.9 Å². The number of nitro benzene ring substituents is 1. The lowest BCUT2D eigenvalue weighted by Crippen LogP contribution is -2.51. The normalized spacial score (nSPS) is 20.2. The lowest BCUT2D eigenvalue weighted by atomic mass is 10.2. The maximum Gasteiger partial charge on any atom is 0.321 e. The van der Waals surface area contributed by atoms with Gasteiger partial charge in [-0.1, -0.05) is 0 Å². The van der Waals surface area contributed by atoms with Crippen LogP contribution in [0.4, 0.5) is 5.69 Å². The van der Waals surface area contributed by atoms with Crippen molar-refractivity contribution in [1.82, 2.24) is 9.62 Å². The molecule has 0 aliphatic carbocycles. The van der Waals surface area contributed by atoms with Crippen molar-refractivity contribution < 1.29 is 32.4 Å². The fraction of sp³-hybridized carbons (Fsp3) is 0.556. The van der Waals surface area contributed by atoms with E-state index in [9.17, 15) is 28.1 Å². The van der Waals surface area contributed by atoms with Gasteiger partial charge in [-0.25, -0.2) is 8.42 Å². The van der Waals surface area contributed by atoms with Crippen LogP contribution in [0.15, 0.2) is 28.0 Å². The second-order valence-electron chi connectivity index (χ2n) is 7.05. The molecule has 172 valence electrons. The van der Waals surface area contributed by atoms with Gasteiger partial charge in [-0.05, 0) is 39.2 Å². The summed E-state index contributed by atoms with van der Waals surface area (Å²) >= 11 is 1.11. The van der Waals surface area contributed by atoms with Crippen LogP contribution in [0, 0.1) is 10.1 Å². The molecule has 3 atom stereocenters. The first-order valence-corrected chi connectivity index (χ1v) is 12.1. The molecule has 1 fully saturated rings. The Morgan fingerprint density at radius 2 is 1.97 bits per heavy atom. The van der Waals surface area contributed by atoms with E-state index in [-0.39, 0.29) is 22.8 Å².